The molecule has 0 N–H and O–H groups in total. The molecule has 0 saturated heterocycles. The van der Waals surface area contributed by atoms with Gasteiger partial charge in [0, 0.05) is 10.3 Å². The van der Waals surface area contributed by atoms with Gasteiger partial charge >= 0.3 is 0 Å². The molecule has 0 bridgehead atoms. The number of aryl methyl sites for hydroxylation is 1. The highest BCUT2D eigenvalue weighted by atomic mass is 32.2. The average Bonchev–Trinajstić information content (AvgIpc) is 3.11. The predicted molar refractivity (Wildman–Crippen MR) is 99.0 cm³/mol. The fourth-order valence-corrected chi connectivity index (χ4v) is 7.19. The van der Waals surface area contributed by atoms with Gasteiger partial charge in [-0.05, 0) is 48.3 Å². The normalized spacial score (nSPS) is 17.6. The topological polar surface area (TPSA) is 51.6 Å². The zero-order chi connectivity index (χ0) is 15.8. The lowest BCUT2D eigenvalue weighted by Gasteiger charge is -2.17. The van der Waals surface area contributed by atoms with E-state index in [4.69, 9.17) is 0 Å². The molecule has 3 heterocycles. The molecular weight excluding hydrogens is 364 g/mol. The Morgan fingerprint density at radius 3 is 2.96 bits per heavy atom. The molecule has 0 amide bonds. The summed E-state index contributed by atoms with van der Waals surface area (Å²) in [5.74, 6) is 1.80. The van der Waals surface area contributed by atoms with Crippen molar-refractivity contribution in [1.29, 1.82) is 0 Å². The molecule has 0 fully saturated rings. The van der Waals surface area contributed by atoms with Gasteiger partial charge in [-0.1, -0.05) is 36.9 Å². The van der Waals surface area contributed by atoms with Gasteiger partial charge in [-0.25, -0.2) is 9.97 Å². The minimum atomic E-state index is 0.774. The third-order valence-corrected chi connectivity index (χ3v) is 8.05. The van der Waals surface area contributed by atoms with E-state index in [1.165, 1.54) is 28.7 Å². The molecule has 1 aliphatic rings. The summed E-state index contributed by atoms with van der Waals surface area (Å²) in [5, 5.41) is 10.8. The van der Waals surface area contributed by atoms with Gasteiger partial charge < -0.3 is 0 Å². The van der Waals surface area contributed by atoms with Gasteiger partial charge in [0.05, 0.1) is 0 Å². The lowest BCUT2D eigenvalue weighted by atomic mass is 9.89. The van der Waals surface area contributed by atoms with Crippen molar-refractivity contribution >= 4 is 56.4 Å². The minimum Gasteiger partial charge on any atom is -0.229 e. The van der Waals surface area contributed by atoms with E-state index in [1.54, 1.807) is 41.2 Å². The van der Waals surface area contributed by atoms with E-state index in [9.17, 15) is 0 Å². The van der Waals surface area contributed by atoms with E-state index in [-0.39, 0.29) is 0 Å². The molecule has 0 aromatic carbocycles. The molecule has 3 aromatic heterocycles. The van der Waals surface area contributed by atoms with Crippen LogP contribution in [0.25, 0.3) is 10.2 Å². The zero-order valence-electron chi connectivity index (χ0n) is 12.9. The van der Waals surface area contributed by atoms with Crippen LogP contribution in [0, 0.1) is 5.92 Å². The van der Waals surface area contributed by atoms with Crippen molar-refractivity contribution in [3.05, 3.63) is 16.8 Å². The second-order valence-corrected chi connectivity index (χ2v) is 10.4. The quantitative estimate of drug-likeness (QED) is 0.472. The lowest BCUT2D eigenvalue weighted by molar-refractivity contribution is 0.509. The Bertz CT molecular complexity index is 841. The molecule has 1 aliphatic carbocycles. The molecule has 23 heavy (non-hydrogen) atoms. The summed E-state index contributed by atoms with van der Waals surface area (Å²) < 4.78 is 1.99. The number of rotatable bonds is 4. The van der Waals surface area contributed by atoms with Crippen LogP contribution in [0.3, 0.4) is 0 Å². The number of thioether (sulfide) groups is 1. The Kier molecular flexibility index (Phi) is 4.58. The number of aromatic nitrogens is 4. The van der Waals surface area contributed by atoms with Crippen LogP contribution in [-0.4, -0.2) is 25.9 Å². The molecule has 0 aliphatic heterocycles. The van der Waals surface area contributed by atoms with Crippen LogP contribution in [0.2, 0.25) is 0 Å². The first-order chi connectivity index (χ1) is 11.2. The molecule has 120 valence electrons. The molecule has 0 radical (unpaired) electrons. The maximum Gasteiger partial charge on any atom is 0.181 e. The van der Waals surface area contributed by atoms with E-state index in [1.807, 2.05) is 11.3 Å². The smallest absolute Gasteiger partial charge is 0.181 e. The fraction of sp³-hybridized carbons (Fsp3) is 0.467. The number of fused-ring (bicyclic) bond motifs is 3. The monoisotopic (exact) mass is 380 g/mol. The van der Waals surface area contributed by atoms with Crippen molar-refractivity contribution in [3.63, 3.8) is 0 Å². The van der Waals surface area contributed by atoms with Gasteiger partial charge in [-0.15, -0.1) is 21.5 Å². The Morgan fingerprint density at radius 2 is 2.09 bits per heavy atom. The standard InChI is InChI=1S/C15H16N4S4/c1-3-20-14-18-19-15(23-14)22-13-11-9-5-4-8(2)6-10(9)21-12(11)16-7-17-13/h7-8H,3-6H2,1-2H3/t8-/m1/s1. The average molecular weight is 381 g/mol. The van der Waals surface area contributed by atoms with Crippen molar-refractivity contribution in [3.8, 4) is 0 Å². The first-order valence-corrected chi connectivity index (χ1v) is 11.1. The maximum absolute atomic E-state index is 4.55. The summed E-state index contributed by atoms with van der Waals surface area (Å²) in [6.07, 6.45) is 5.26. The Morgan fingerprint density at radius 1 is 1.22 bits per heavy atom. The Hall–Kier alpha value is -0.700. The van der Waals surface area contributed by atoms with E-state index >= 15 is 0 Å². The molecule has 0 unspecified atom stereocenters. The highest BCUT2D eigenvalue weighted by Gasteiger charge is 2.23. The van der Waals surface area contributed by atoms with E-state index in [0.717, 1.165) is 36.6 Å². The Balaban J connectivity index is 1.71. The number of thiophene rings is 1. The summed E-state index contributed by atoms with van der Waals surface area (Å²) in [6, 6.07) is 0. The SMILES string of the molecule is CCSc1nnc(Sc2ncnc3sc4c(c23)CC[C@@H](C)C4)s1. The van der Waals surface area contributed by atoms with Crippen LogP contribution in [0.4, 0.5) is 0 Å². The summed E-state index contributed by atoms with van der Waals surface area (Å²) in [4.78, 5) is 11.7. The first kappa shape index (κ1) is 15.8. The fourth-order valence-electron chi connectivity index (χ4n) is 2.83. The van der Waals surface area contributed by atoms with Crippen molar-refractivity contribution in [2.75, 3.05) is 5.75 Å². The summed E-state index contributed by atoms with van der Waals surface area (Å²) >= 11 is 6.85. The minimum absolute atomic E-state index is 0.774. The zero-order valence-corrected chi connectivity index (χ0v) is 16.2. The molecule has 0 spiro atoms. The first-order valence-electron chi connectivity index (χ1n) is 7.64. The van der Waals surface area contributed by atoms with E-state index in [0.29, 0.717) is 0 Å². The molecule has 8 heteroatoms. The summed E-state index contributed by atoms with van der Waals surface area (Å²) in [5.41, 5.74) is 1.47. The van der Waals surface area contributed by atoms with E-state index < -0.39 is 0 Å². The van der Waals surface area contributed by atoms with Crippen molar-refractivity contribution in [2.45, 2.75) is 46.8 Å². The van der Waals surface area contributed by atoms with Gasteiger partial charge in [0.1, 0.15) is 16.2 Å². The van der Waals surface area contributed by atoms with Gasteiger partial charge in [-0.3, -0.25) is 0 Å². The second-order valence-electron chi connectivity index (χ2n) is 5.58. The number of nitrogens with zero attached hydrogens (tertiary/aromatic N) is 4. The van der Waals surface area contributed by atoms with Crippen LogP contribution >= 0.6 is 46.2 Å². The van der Waals surface area contributed by atoms with Gasteiger partial charge in [0.2, 0.25) is 0 Å². The van der Waals surface area contributed by atoms with E-state index in [2.05, 4.69) is 34.0 Å². The number of hydrogen-bond acceptors (Lipinski definition) is 8. The third kappa shape index (κ3) is 3.14. The van der Waals surface area contributed by atoms with Crippen LogP contribution < -0.4 is 0 Å². The number of hydrogen-bond donors (Lipinski definition) is 0. The molecule has 0 saturated carbocycles. The molecule has 4 nitrogen and oxygen atoms in total. The highest BCUT2D eigenvalue weighted by Crippen LogP contribution is 2.42. The van der Waals surface area contributed by atoms with Crippen LogP contribution in [0.5, 0.6) is 0 Å². The Labute approximate surface area is 151 Å². The summed E-state index contributed by atoms with van der Waals surface area (Å²) in [6.45, 7) is 4.47. The van der Waals surface area contributed by atoms with Crippen molar-refractivity contribution in [2.24, 2.45) is 5.92 Å². The lowest BCUT2D eigenvalue weighted by Crippen LogP contribution is -2.08. The summed E-state index contributed by atoms with van der Waals surface area (Å²) in [7, 11) is 0. The van der Waals surface area contributed by atoms with Crippen LogP contribution in [0.1, 0.15) is 30.7 Å². The van der Waals surface area contributed by atoms with Gasteiger partial charge in [0.25, 0.3) is 0 Å². The van der Waals surface area contributed by atoms with Crippen molar-refractivity contribution in [1.82, 2.24) is 20.2 Å². The molecular formula is C15H16N4S4. The molecule has 3 aromatic rings. The van der Waals surface area contributed by atoms with Crippen molar-refractivity contribution < 1.29 is 0 Å². The molecule has 4 rings (SSSR count). The van der Waals surface area contributed by atoms with Crippen LogP contribution in [0.15, 0.2) is 20.0 Å². The maximum atomic E-state index is 4.55. The largest absolute Gasteiger partial charge is 0.229 e. The predicted octanol–water partition coefficient (Wildman–Crippen LogP) is 4.93. The van der Waals surface area contributed by atoms with Gasteiger partial charge in [-0.2, -0.15) is 0 Å². The third-order valence-electron chi connectivity index (χ3n) is 3.90. The van der Waals surface area contributed by atoms with Gasteiger partial charge in [0.15, 0.2) is 8.68 Å². The molecule has 1 atom stereocenters. The second kappa shape index (κ2) is 6.66. The van der Waals surface area contributed by atoms with Crippen LogP contribution in [-0.2, 0) is 12.8 Å². The highest BCUT2D eigenvalue weighted by molar-refractivity contribution is 8.03.